The van der Waals surface area contributed by atoms with Gasteiger partial charge in [-0.3, -0.25) is 0 Å². The van der Waals surface area contributed by atoms with Crippen LogP contribution in [0.5, 0.6) is 5.75 Å². The number of hydrogen-bond acceptors (Lipinski definition) is 17. The van der Waals surface area contributed by atoms with Gasteiger partial charge in [0.1, 0.15) is 23.1 Å². The van der Waals surface area contributed by atoms with Crippen LogP contribution in [0.15, 0.2) is 224 Å². The topological polar surface area (TPSA) is 90.2 Å². The normalized spacial score (nSPS) is 27.1. The van der Waals surface area contributed by atoms with Gasteiger partial charge in [-0.15, -0.1) is 11.3 Å². The molecule has 3 N–H and O–H groups in total. The van der Waals surface area contributed by atoms with Crippen LogP contribution in [0.2, 0.25) is 0 Å². The van der Waals surface area contributed by atoms with Crippen LogP contribution in [-0.4, -0.2) is 245 Å². The molecule has 20 heteroatoms. The molecule has 0 spiro atoms. The van der Waals surface area contributed by atoms with Crippen molar-refractivity contribution in [1.82, 2.24) is 35.6 Å². The standard InChI is InChI=1S/C18H20N2.C17H18F2N2.C17H19FN2.2C14H20N2O.C14H16N2S.C14H20N2/c1-2-6-14(7-3-1)17-8-4-5-9-18(17)20-12-15-10-19-11-16(15)13-20;1-20-7-12-9-21(10-13(12)8-20)17-15(18)6-11-4-2-3-5-14(11)16(17)19;1-19-8-14-10-20(11-15(14)9-19)17-7-13-5-3-2-4-12(13)6-16(17)18;1-15-7-11-9-16(10-12(11)8-15)13-4-3-5-14(6-13)17-2;1-17-10-11-4-2-3-5-14(11)16-8-12-6-15-7-13(12)9-16;1-2-13(11-5-7-17-14(11)3-1)16-8-10-4-6-15-12(10)9-16;1-11-3-5-14(6-4-11)16-9-12-7-15(2)8-13(12)10-16/h1-9,15-16,19H,10-13H2;2-6,12-13H,7-10H2,1H3;2-7,14-15H,8-11H2,1H3;3-6,11-12H,7-10H2,1-2H3;2-5,12-13,15H,6-10H2,1H3;1-3,5,7,10,12,15H,4,6,8-9H2;3-6,12-13H,7-10H2,1-2H3. The molecule has 14 fully saturated rings. The number of fused-ring (bicyclic) bond motifs is 10. The van der Waals surface area contributed by atoms with E-state index < -0.39 is 11.6 Å². The molecule has 0 bridgehead atoms. The number of anilines is 7. The second kappa shape index (κ2) is 39.7. The third-order valence-electron chi connectivity index (χ3n) is 30.8. The number of methoxy groups -OCH3 is 2. The molecule has 25 rings (SSSR count). The summed E-state index contributed by atoms with van der Waals surface area (Å²) in [5.41, 5.74) is 13.2. The van der Waals surface area contributed by atoms with Gasteiger partial charge in [0.25, 0.3) is 0 Å². The molecule has 14 aliphatic heterocycles. The molecule has 15 heterocycles. The second-order valence-electron chi connectivity index (χ2n) is 39.8. The Bertz CT molecular complexity index is 5460. The Morgan fingerprint density at radius 3 is 1.41 bits per heavy atom. The number of benzene rings is 10. The summed E-state index contributed by atoms with van der Waals surface area (Å²) in [6, 6.07) is 75.4. The first-order chi connectivity index (χ1) is 62.5. The molecule has 1 aromatic heterocycles. The van der Waals surface area contributed by atoms with Gasteiger partial charge in [-0.1, -0.05) is 145 Å². The smallest absolute Gasteiger partial charge is 0.157 e. The third-order valence-corrected chi connectivity index (χ3v) is 31.7. The monoisotopic (exact) mass is 1750 g/mol. The molecule has 0 amide bonds. The molecule has 14 unspecified atom stereocenters. The Kier molecular flexibility index (Phi) is 27.2. The molecule has 14 atom stereocenters. The predicted molar refractivity (Wildman–Crippen MR) is 526 cm³/mol. The Morgan fingerprint density at radius 1 is 0.359 bits per heavy atom. The Hall–Kier alpha value is -9.45. The van der Waals surface area contributed by atoms with Crippen molar-refractivity contribution in [1.29, 1.82) is 0 Å². The van der Waals surface area contributed by atoms with Crippen LogP contribution in [0.1, 0.15) is 17.5 Å². The van der Waals surface area contributed by atoms with Crippen LogP contribution in [0.4, 0.5) is 53.0 Å². The Labute approximate surface area is 761 Å². The van der Waals surface area contributed by atoms with Gasteiger partial charge in [0.2, 0.25) is 0 Å². The average molecular weight is 1750 g/mol. The molecule has 16 nitrogen and oxygen atoms in total. The lowest BCUT2D eigenvalue weighted by Gasteiger charge is -2.23. The van der Waals surface area contributed by atoms with E-state index in [-0.39, 0.29) is 11.5 Å². The average Bonchev–Trinajstić information content (AvgIpc) is 1.43. The fourth-order valence-electron chi connectivity index (χ4n) is 24.4. The van der Waals surface area contributed by atoms with E-state index in [2.05, 4.69) is 257 Å². The molecule has 14 saturated heterocycles. The molecular weight excluding hydrogens is 1610 g/mol. The molecule has 0 aliphatic carbocycles. The number of hydrogen-bond donors (Lipinski definition) is 3. The summed E-state index contributed by atoms with van der Waals surface area (Å²) < 4.78 is 55.5. The number of thiophene rings is 1. The molecule has 0 radical (unpaired) electrons. The van der Waals surface area contributed by atoms with Crippen molar-refractivity contribution in [3.63, 3.8) is 0 Å². The number of para-hydroxylation sites is 2. The SMILES string of the molecule is CN1CC2CN(c3c(F)cc4ccccc4c3F)CC2C1.CN1CC2CN(c3cc4ccccc4cc3F)CC2C1.COCc1ccccc1N1CC2CNCC2C1.COc1cccc(N2CC3CN(C)CC3C2)c1.Cc1ccc(N2CC3CN(C)CC3C2)cc1.c1cc(N2CC3CCNC3C2)c2ccsc2c1.c1ccc(-c2ccccc2N2CC3CNCC3C2)cc1. The summed E-state index contributed by atoms with van der Waals surface area (Å²) in [6.45, 7) is 33.8. The minimum absolute atomic E-state index is 0.0861. The van der Waals surface area contributed by atoms with Crippen molar-refractivity contribution in [2.45, 2.75) is 26.0 Å². The number of ether oxygens (including phenoxy) is 2. The highest BCUT2D eigenvalue weighted by molar-refractivity contribution is 7.17. The molecule has 11 aromatic rings. The number of rotatable bonds is 11. The van der Waals surface area contributed by atoms with Crippen LogP contribution in [0.3, 0.4) is 0 Å². The lowest BCUT2D eigenvalue weighted by Crippen LogP contribution is -2.30. The zero-order valence-electron chi connectivity index (χ0n) is 76.2. The van der Waals surface area contributed by atoms with Gasteiger partial charge in [-0.25, -0.2) is 13.2 Å². The maximum absolute atomic E-state index is 14.7. The number of halogens is 3. The van der Waals surface area contributed by atoms with Crippen molar-refractivity contribution in [3.05, 3.63) is 252 Å². The van der Waals surface area contributed by atoms with Gasteiger partial charge in [0.15, 0.2) is 5.82 Å². The summed E-state index contributed by atoms with van der Waals surface area (Å²) in [5.74, 6) is 10.2. The molecule has 128 heavy (non-hydrogen) atoms. The van der Waals surface area contributed by atoms with Crippen molar-refractivity contribution in [2.24, 2.45) is 76.9 Å². The Morgan fingerprint density at radius 2 is 0.820 bits per heavy atom. The van der Waals surface area contributed by atoms with E-state index in [9.17, 15) is 13.2 Å². The quantitative estimate of drug-likeness (QED) is 0.115. The van der Waals surface area contributed by atoms with E-state index >= 15 is 0 Å². The van der Waals surface area contributed by atoms with E-state index in [1.807, 2.05) is 46.6 Å². The zero-order chi connectivity index (χ0) is 87.5. The van der Waals surface area contributed by atoms with Crippen molar-refractivity contribution >= 4 is 82.8 Å². The van der Waals surface area contributed by atoms with E-state index in [1.165, 1.54) is 198 Å². The first-order valence-corrected chi connectivity index (χ1v) is 48.5. The highest BCUT2D eigenvalue weighted by Crippen LogP contribution is 2.44. The molecule has 14 aliphatic rings. The lowest BCUT2D eigenvalue weighted by molar-refractivity contribution is 0.185. The van der Waals surface area contributed by atoms with Crippen LogP contribution in [-0.2, 0) is 11.3 Å². The molecular formula is C108H133F3N14O2S. The Balaban J connectivity index is 0.0000000973. The van der Waals surface area contributed by atoms with Gasteiger partial charge >= 0.3 is 0 Å². The van der Waals surface area contributed by atoms with Crippen LogP contribution < -0.4 is 55.0 Å². The minimum Gasteiger partial charge on any atom is -0.497 e. The summed E-state index contributed by atoms with van der Waals surface area (Å²) in [6.07, 6.45) is 1.35. The molecule has 674 valence electrons. The molecule has 0 saturated carbocycles. The van der Waals surface area contributed by atoms with E-state index in [1.54, 1.807) is 44.6 Å². The second-order valence-corrected chi connectivity index (χ2v) is 40.7. The first kappa shape index (κ1) is 87.9. The highest BCUT2D eigenvalue weighted by atomic mass is 32.1. The summed E-state index contributed by atoms with van der Waals surface area (Å²) in [5, 5.41) is 17.5. The maximum atomic E-state index is 14.7. The highest BCUT2D eigenvalue weighted by Gasteiger charge is 2.45. The number of aryl methyl sites for hydroxylation is 1. The van der Waals surface area contributed by atoms with Crippen molar-refractivity contribution in [3.8, 4) is 16.9 Å². The fraction of sp³-hybridized carbons (Fsp3) is 0.463. The van der Waals surface area contributed by atoms with E-state index in [0.717, 1.165) is 134 Å². The van der Waals surface area contributed by atoms with Gasteiger partial charge in [0, 0.05) is 244 Å². The number of likely N-dealkylation sites (tertiary alicyclic amines) is 4. The van der Waals surface area contributed by atoms with Crippen LogP contribution in [0.25, 0.3) is 42.8 Å². The molecule has 10 aromatic carbocycles. The fourth-order valence-corrected chi connectivity index (χ4v) is 25.2. The predicted octanol–water partition coefficient (Wildman–Crippen LogP) is 17.0. The van der Waals surface area contributed by atoms with Gasteiger partial charge in [-0.05, 0) is 225 Å². The summed E-state index contributed by atoms with van der Waals surface area (Å²) in [4.78, 5) is 26.5. The van der Waals surface area contributed by atoms with E-state index in [0.29, 0.717) is 41.1 Å². The van der Waals surface area contributed by atoms with Gasteiger partial charge in [0.05, 0.1) is 19.4 Å². The van der Waals surface area contributed by atoms with Gasteiger partial charge < -0.3 is 79.3 Å². The summed E-state index contributed by atoms with van der Waals surface area (Å²) in [7, 11) is 12.3. The van der Waals surface area contributed by atoms with Crippen LogP contribution >= 0.6 is 11.3 Å². The van der Waals surface area contributed by atoms with Gasteiger partial charge in [-0.2, -0.15) is 0 Å². The van der Waals surface area contributed by atoms with Crippen molar-refractivity contribution in [2.75, 3.05) is 253 Å². The van der Waals surface area contributed by atoms with E-state index in [4.69, 9.17) is 9.47 Å². The number of nitrogens with zero attached hydrogens (tertiary/aromatic N) is 11. The lowest BCUT2D eigenvalue weighted by atomic mass is 10.0. The van der Waals surface area contributed by atoms with Crippen molar-refractivity contribution < 1.29 is 22.6 Å². The third kappa shape index (κ3) is 19.6. The zero-order valence-corrected chi connectivity index (χ0v) is 77.0. The first-order valence-electron chi connectivity index (χ1n) is 47.6. The summed E-state index contributed by atoms with van der Waals surface area (Å²) >= 11 is 1.84. The number of nitrogens with one attached hydrogen (secondary N) is 3. The largest absolute Gasteiger partial charge is 0.497 e. The minimum atomic E-state index is -0.445. The van der Waals surface area contributed by atoms with Crippen LogP contribution in [0, 0.1) is 101 Å². The maximum Gasteiger partial charge on any atom is 0.157 e.